The summed E-state index contributed by atoms with van der Waals surface area (Å²) in [5.74, 6) is 0.942. The van der Waals surface area contributed by atoms with Gasteiger partial charge in [0.25, 0.3) is 0 Å². The molecule has 0 bridgehead atoms. The molecule has 0 heterocycles. The van der Waals surface area contributed by atoms with E-state index in [0.717, 1.165) is 30.3 Å². The Kier molecular flexibility index (Phi) is 4.21. The Labute approximate surface area is 104 Å². The Balaban J connectivity index is 1.73. The fourth-order valence-electron chi connectivity index (χ4n) is 1.67. The highest BCUT2D eigenvalue weighted by Crippen LogP contribution is 2.19. The zero-order valence-corrected chi connectivity index (χ0v) is 10.5. The Hall–Kier alpha value is -1.28. The summed E-state index contributed by atoms with van der Waals surface area (Å²) < 4.78 is 5.72. The van der Waals surface area contributed by atoms with Gasteiger partial charge < -0.3 is 10.1 Å². The maximum atomic E-state index is 5.72. The van der Waals surface area contributed by atoms with Crippen molar-refractivity contribution in [3.05, 3.63) is 42.0 Å². The Morgan fingerprint density at radius 2 is 2.29 bits per heavy atom. The predicted molar refractivity (Wildman–Crippen MR) is 71.5 cm³/mol. The molecule has 92 valence electrons. The third-order valence-corrected chi connectivity index (χ3v) is 2.97. The SMILES string of the molecule is C=C(CNC1CC1)COc1cccc(CC)c1. The molecule has 1 N–H and O–H groups in total. The molecule has 0 spiro atoms. The van der Waals surface area contributed by atoms with Crippen molar-refractivity contribution in [3.8, 4) is 5.75 Å². The predicted octanol–water partition coefficient (Wildman–Crippen LogP) is 2.94. The van der Waals surface area contributed by atoms with Crippen LogP contribution in [0.15, 0.2) is 36.4 Å². The average Bonchev–Trinajstić information content (AvgIpc) is 3.18. The number of aryl methyl sites for hydroxylation is 1. The van der Waals surface area contributed by atoms with Gasteiger partial charge in [0, 0.05) is 12.6 Å². The fraction of sp³-hybridized carbons (Fsp3) is 0.467. The van der Waals surface area contributed by atoms with E-state index >= 15 is 0 Å². The van der Waals surface area contributed by atoms with Crippen LogP contribution in [-0.4, -0.2) is 19.2 Å². The molecule has 0 atom stereocenters. The van der Waals surface area contributed by atoms with Crippen molar-refractivity contribution >= 4 is 0 Å². The van der Waals surface area contributed by atoms with Crippen LogP contribution in [0.4, 0.5) is 0 Å². The van der Waals surface area contributed by atoms with E-state index in [1.165, 1.54) is 18.4 Å². The summed E-state index contributed by atoms with van der Waals surface area (Å²) in [6.07, 6.45) is 3.67. The van der Waals surface area contributed by atoms with E-state index < -0.39 is 0 Å². The first kappa shape index (κ1) is 12.2. The molecule has 0 aromatic heterocycles. The van der Waals surface area contributed by atoms with Crippen molar-refractivity contribution < 1.29 is 4.74 Å². The molecule has 2 nitrogen and oxygen atoms in total. The molecular formula is C15H21NO. The second-order valence-corrected chi connectivity index (χ2v) is 4.69. The van der Waals surface area contributed by atoms with Crippen LogP contribution in [0, 0.1) is 0 Å². The highest BCUT2D eigenvalue weighted by Gasteiger charge is 2.19. The molecular weight excluding hydrogens is 210 g/mol. The van der Waals surface area contributed by atoms with E-state index in [1.54, 1.807) is 0 Å². The molecule has 1 saturated carbocycles. The van der Waals surface area contributed by atoms with Gasteiger partial charge in [-0.25, -0.2) is 0 Å². The third-order valence-electron chi connectivity index (χ3n) is 2.97. The number of ether oxygens (including phenoxy) is 1. The average molecular weight is 231 g/mol. The maximum Gasteiger partial charge on any atom is 0.120 e. The summed E-state index contributed by atoms with van der Waals surface area (Å²) >= 11 is 0. The van der Waals surface area contributed by atoms with Gasteiger partial charge in [-0.05, 0) is 42.5 Å². The van der Waals surface area contributed by atoms with E-state index in [0.29, 0.717) is 6.61 Å². The summed E-state index contributed by atoms with van der Waals surface area (Å²) in [6.45, 7) is 7.65. The first-order chi connectivity index (χ1) is 8.28. The summed E-state index contributed by atoms with van der Waals surface area (Å²) in [4.78, 5) is 0. The number of benzene rings is 1. The normalized spacial score (nSPS) is 14.6. The first-order valence-corrected chi connectivity index (χ1v) is 6.39. The Morgan fingerprint density at radius 1 is 1.47 bits per heavy atom. The standard InChI is InChI=1S/C15H21NO/c1-3-13-5-4-6-15(9-13)17-11-12(2)10-16-14-7-8-14/h4-6,9,14,16H,2-3,7-8,10-11H2,1H3. The molecule has 1 aliphatic rings. The second kappa shape index (κ2) is 5.87. The van der Waals surface area contributed by atoms with Crippen LogP contribution >= 0.6 is 0 Å². The van der Waals surface area contributed by atoms with Gasteiger partial charge in [-0.2, -0.15) is 0 Å². The highest BCUT2D eigenvalue weighted by atomic mass is 16.5. The number of hydrogen-bond donors (Lipinski definition) is 1. The van der Waals surface area contributed by atoms with Crippen LogP contribution in [0.2, 0.25) is 0 Å². The van der Waals surface area contributed by atoms with Gasteiger partial charge in [-0.1, -0.05) is 25.6 Å². The molecule has 0 radical (unpaired) electrons. The lowest BCUT2D eigenvalue weighted by atomic mass is 10.2. The van der Waals surface area contributed by atoms with Crippen molar-refractivity contribution in [2.45, 2.75) is 32.2 Å². The van der Waals surface area contributed by atoms with E-state index in [-0.39, 0.29) is 0 Å². The zero-order chi connectivity index (χ0) is 12.1. The van der Waals surface area contributed by atoms with Crippen molar-refractivity contribution in [1.82, 2.24) is 5.32 Å². The zero-order valence-electron chi connectivity index (χ0n) is 10.5. The minimum Gasteiger partial charge on any atom is -0.489 e. The molecule has 0 amide bonds. The largest absolute Gasteiger partial charge is 0.489 e. The van der Waals surface area contributed by atoms with Gasteiger partial charge in [-0.3, -0.25) is 0 Å². The molecule has 1 aromatic carbocycles. The minimum atomic E-state index is 0.604. The van der Waals surface area contributed by atoms with E-state index in [4.69, 9.17) is 4.74 Å². The number of hydrogen-bond acceptors (Lipinski definition) is 2. The van der Waals surface area contributed by atoms with Gasteiger partial charge >= 0.3 is 0 Å². The van der Waals surface area contributed by atoms with Crippen LogP contribution < -0.4 is 10.1 Å². The molecule has 1 aliphatic carbocycles. The van der Waals surface area contributed by atoms with Crippen LogP contribution in [0.1, 0.15) is 25.3 Å². The van der Waals surface area contributed by atoms with Gasteiger partial charge in [-0.15, -0.1) is 0 Å². The fourth-order valence-corrected chi connectivity index (χ4v) is 1.67. The van der Waals surface area contributed by atoms with Crippen LogP contribution in [0.3, 0.4) is 0 Å². The van der Waals surface area contributed by atoms with E-state index in [9.17, 15) is 0 Å². The lowest BCUT2D eigenvalue weighted by Crippen LogP contribution is -2.21. The van der Waals surface area contributed by atoms with Crippen molar-refractivity contribution in [1.29, 1.82) is 0 Å². The summed E-state index contributed by atoms with van der Waals surface area (Å²) in [6, 6.07) is 8.99. The molecule has 0 unspecified atom stereocenters. The summed E-state index contributed by atoms with van der Waals surface area (Å²) in [7, 11) is 0. The number of rotatable bonds is 7. The van der Waals surface area contributed by atoms with Crippen LogP contribution in [0.5, 0.6) is 5.75 Å². The van der Waals surface area contributed by atoms with Crippen LogP contribution in [-0.2, 0) is 6.42 Å². The molecule has 0 saturated heterocycles. The van der Waals surface area contributed by atoms with Crippen molar-refractivity contribution in [2.75, 3.05) is 13.2 Å². The van der Waals surface area contributed by atoms with Gasteiger partial charge in [0.1, 0.15) is 12.4 Å². The quantitative estimate of drug-likeness (QED) is 0.728. The van der Waals surface area contributed by atoms with E-state index in [1.807, 2.05) is 12.1 Å². The minimum absolute atomic E-state index is 0.604. The molecule has 1 aromatic rings. The van der Waals surface area contributed by atoms with Gasteiger partial charge in [0.05, 0.1) is 0 Å². The molecule has 0 aliphatic heterocycles. The maximum absolute atomic E-state index is 5.72. The van der Waals surface area contributed by atoms with Gasteiger partial charge in [0.2, 0.25) is 0 Å². The van der Waals surface area contributed by atoms with E-state index in [2.05, 4.69) is 31.0 Å². The lowest BCUT2D eigenvalue weighted by molar-refractivity contribution is 0.348. The van der Waals surface area contributed by atoms with Crippen molar-refractivity contribution in [2.24, 2.45) is 0 Å². The molecule has 2 heteroatoms. The molecule has 1 fully saturated rings. The van der Waals surface area contributed by atoms with Crippen molar-refractivity contribution in [3.63, 3.8) is 0 Å². The van der Waals surface area contributed by atoms with Crippen LogP contribution in [0.25, 0.3) is 0 Å². The third kappa shape index (κ3) is 4.23. The summed E-state index contributed by atoms with van der Waals surface area (Å²) in [5, 5.41) is 3.44. The monoisotopic (exact) mass is 231 g/mol. The Bertz CT molecular complexity index is 382. The summed E-state index contributed by atoms with van der Waals surface area (Å²) in [5.41, 5.74) is 2.42. The molecule has 17 heavy (non-hydrogen) atoms. The highest BCUT2D eigenvalue weighted by molar-refractivity contribution is 5.28. The first-order valence-electron chi connectivity index (χ1n) is 6.39. The Morgan fingerprint density at radius 3 is 3.00 bits per heavy atom. The van der Waals surface area contributed by atoms with Gasteiger partial charge in [0.15, 0.2) is 0 Å². The smallest absolute Gasteiger partial charge is 0.120 e. The topological polar surface area (TPSA) is 21.3 Å². The number of nitrogens with one attached hydrogen (secondary N) is 1. The molecule has 2 rings (SSSR count). The second-order valence-electron chi connectivity index (χ2n) is 4.69. The lowest BCUT2D eigenvalue weighted by Gasteiger charge is -2.10.